The summed E-state index contributed by atoms with van der Waals surface area (Å²) in [4.78, 5) is 32.9. The van der Waals surface area contributed by atoms with Crippen molar-refractivity contribution in [3.8, 4) is 11.8 Å². The minimum Gasteiger partial charge on any atom is -0.424 e. The van der Waals surface area contributed by atoms with E-state index >= 15 is 0 Å². The number of ether oxygens (including phenoxy) is 1. The van der Waals surface area contributed by atoms with Crippen LogP contribution in [-0.2, 0) is 9.59 Å². The summed E-state index contributed by atoms with van der Waals surface area (Å²) in [5.41, 5.74) is 5.93. The van der Waals surface area contributed by atoms with E-state index in [0.717, 1.165) is 4.47 Å². The molecule has 2 heterocycles. The molecule has 7 nitrogen and oxygen atoms in total. The topological polar surface area (TPSA) is 98.4 Å². The highest BCUT2D eigenvalue weighted by atomic mass is 79.9. The number of halogens is 1. The molecule has 8 heteroatoms. The van der Waals surface area contributed by atoms with Gasteiger partial charge >= 0.3 is 6.01 Å². The lowest BCUT2D eigenvalue weighted by Crippen LogP contribution is -2.28. The molecule has 1 aromatic carbocycles. The molecule has 0 bridgehead atoms. The molecule has 1 saturated heterocycles. The first-order chi connectivity index (χ1) is 11.0. The highest BCUT2D eigenvalue weighted by Gasteiger charge is 2.34. The molecule has 23 heavy (non-hydrogen) atoms. The minimum atomic E-state index is -0.462. The quantitative estimate of drug-likeness (QED) is 0.877. The smallest absolute Gasteiger partial charge is 0.321 e. The maximum absolute atomic E-state index is 12.0. The largest absolute Gasteiger partial charge is 0.424 e. The van der Waals surface area contributed by atoms with Crippen LogP contribution in [0.2, 0.25) is 0 Å². The number of hydrogen-bond donors (Lipinski definition) is 1. The normalized spacial score (nSPS) is 17.3. The van der Waals surface area contributed by atoms with Gasteiger partial charge in [-0.25, -0.2) is 9.97 Å². The Kier molecular flexibility index (Phi) is 4.24. The zero-order chi connectivity index (χ0) is 16.4. The van der Waals surface area contributed by atoms with Crippen LogP contribution in [0.5, 0.6) is 11.8 Å². The molecule has 2 N–H and O–H groups in total. The van der Waals surface area contributed by atoms with Crippen LogP contribution in [0.3, 0.4) is 0 Å². The Morgan fingerprint density at radius 2 is 2.09 bits per heavy atom. The SMILES string of the molecule is NC(=O)C1CC(=O)N(c2cccc(Oc3ncc(Br)cn3)c2)C1. The first kappa shape index (κ1) is 15.4. The summed E-state index contributed by atoms with van der Waals surface area (Å²) in [6.45, 7) is 0.284. The molecule has 2 aromatic rings. The molecule has 1 aromatic heterocycles. The van der Waals surface area contributed by atoms with Crippen LogP contribution >= 0.6 is 15.9 Å². The Morgan fingerprint density at radius 1 is 1.35 bits per heavy atom. The minimum absolute atomic E-state index is 0.133. The van der Waals surface area contributed by atoms with Crippen LogP contribution in [0.1, 0.15) is 6.42 Å². The third kappa shape index (κ3) is 3.48. The van der Waals surface area contributed by atoms with Crippen molar-refractivity contribution in [1.82, 2.24) is 9.97 Å². The van der Waals surface area contributed by atoms with E-state index in [1.807, 2.05) is 0 Å². The average Bonchev–Trinajstić information content (AvgIpc) is 2.92. The van der Waals surface area contributed by atoms with E-state index in [4.69, 9.17) is 10.5 Å². The summed E-state index contributed by atoms with van der Waals surface area (Å²) < 4.78 is 6.32. The van der Waals surface area contributed by atoms with Gasteiger partial charge in [0.1, 0.15) is 5.75 Å². The monoisotopic (exact) mass is 376 g/mol. The second-order valence-corrected chi connectivity index (χ2v) is 6.01. The highest BCUT2D eigenvalue weighted by molar-refractivity contribution is 9.10. The summed E-state index contributed by atoms with van der Waals surface area (Å²) in [6, 6.07) is 7.17. The fourth-order valence-electron chi connectivity index (χ4n) is 2.32. The summed E-state index contributed by atoms with van der Waals surface area (Å²) >= 11 is 3.25. The third-order valence-corrected chi connectivity index (χ3v) is 3.87. The Balaban J connectivity index is 1.78. The molecule has 118 valence electrons. The number of benzene rings is 1. The number of hydrogen-bond acceptors (Lipinski definition) is 5. The number of nitrogens with two attached hydrogens (primary N) is 1. The van der Waals surface area contributed by atoms with Crippen LogP contribution in [0.15, 0.2) is 41.1 Å². The van der Waals surface area contributed by atoms with Gasteiger partial charge in [-0.15, -0.1) is 0 Å². The molecule has 3 rings (SSSR count). The average molecular weight is 377 g/mol. The first-order valence-electron chi connectivity index (χ1n) is 6.88. The molecule has 1 aliphatic rings. The predicted octanol–water partition coefficient (Wildman–Crippen LogP) is 1.87. The standard InChI is InChI=1S/C15H13BrN4O3/c16-10-6-18-15(19-7-10)23-12-3-1-2-11(5-12)20-8-9(14(17)22)4-13(20)21/h1-3,5-7,9H,4,8H2,(H2,17,22). The number of rotatable bonds is 4. The second-order valence-electron chi connectivity index (χ2n) is 5.09. The molecule has 1 fully saturated rings. The lowest BCUT2D eigenvalue weighted by atomic mass is 10.1. The van der Waals surface area contributed by atoms with Gasteiger partial charge in [-0.1, -0.05) is 6.07 Å². The molecular formula is C15H13BrN4O3. The van der Waals surface area contributed by atoms with Gasteiger partial charge < -0.3 is 15.4 Å². The van der Waals surface area contributed by atoms with Crippen molar-refractivity contribution in [2.75, 3.05) is 11.4 Å². The molecule has 1 aliphatic heterocycles. The van der Waals surface area contributed by atoms with Crippen LogP contribution in [0.25, 0.3) is 0 Å². The Morgan fingerprint density at radius 3 is 2.74 bits per heavy atom. The number of carbonyl (C=O) groups is 2. The van der Waals surface area contributed by atoms with Crippen molar-refractivity contribution in [1.29, 1.82) is 0 Å². The van der Waals surface area contributed by atoms with E-state index in [2.05, 4.69) is 25.9 Å². The summed E-state index contributed by atoms with van der Waals surface area (Å²) in [5.74, 6) is -0.551. The van der Waals surface area contributed by atoms with Gasteiger partial charge in [-0.3, -0.25) is 9.59 Å². The zero-order valence-electron chi connectivity index (χ0n) is 12.0. The van der Waals surface area contributed by atoms with Crippen LogP contribution < -0.4 is 15.4 Å². The Hall–Kier alpha value is -2.48. The van der Waals surface area contributed by atoms with Crippen molar-refractivity contribution < 1.29 is 14.3 Å². The van der Waals surface area contributed by atoms with E-state index in [0.29, 0.717) is 11.4 Å². The van der Waals surface area contributed by atoms with Gasteiger partial charge in [0.05, 0.1) is 10.4 Å². The van der Waals surface area contributed by atoms with Gasteiger partial charge in [-0.2, -0.15) is 0 Å². The Bertz CT molecular complexity index is 751. The van der Waals surface area contributed by atoms with E-state index in [1.54, 1.807) is 36.7 Å². The molecular weight excluding hydrogens is 364 g/mol. The zero-order valence-corrected chi connectivity index (χ0v) is 13.6. The Labute approximate surface area is 140 Å². The summed E-state index contributed by atoms with van der Waals surface area (Å²) in [7, 11) is 0. The van der Waals surface area contributed by atoms with E-state index in [9.17, 15) is 9.59 Å². The molecule has 0 aliphatic carbocycles. The van der Waals surface area contributed by atoms with Gasteiger partial charge in [0.25, 0.3) is 0 Å². The fourth-order valence-corrected chi connectivity index (χ4v) is 2.53. The molecule has 0 spiro atoms. The highest BCUT2D eigenvalue weighted by Crippen LogP contribution is 2.29. The van der Waals surface area contributed by atoms with Crippen LogP contribution in [-0.4, -0.2) is 28.3 Å². The number of aromatic nitrogens is 2. The molecule has 1 atom stereocenters. The third-order valence-electron chi connectivity index (χ3n) is 3.46. The van der Waals surface area contributed by atoms with Gasteiger partial charge in [0, 0.05) is 37.1 Å². The predicted molar refractivity (Wildman–Crippen MR) is 85.9 cm³/mol. The van der Waals surface area contributed by atoms with Crippen molar-refractivity contribution in [2.24, 2.45) is 11.7 Å². The number of carbonyl (C=O) groups excluding carboxylic acids is 2. The molecule has 0 saturated carbocycles. The number of amides is 2. The van der Waals surface area contributed by atoms with Gasteiger partial charge in [0.2, 0.25) is 11.8 Å². The van der Waals surface area contributed by atoms with E-state index < -0.39 is 11.8 Å². The first-order valence-corrected chi connectivity index (χ1v) is 7.67. The van der Waals surface area contributed by atoms with Crippen molar-refractivity contribution in [3.05, 3.63) is 41.1 Å². The second kappa shape index (κ2) is 6.33. The number of anilines is 1. The van der Waals surface area contributed by atoms with Crippen LogP contribution in [0.4, 0.5) is 5.69 Å². The summed E-state index contributed by atoms with van der Waals surface area (Å²) in [5, 5.41) is 0. The van der Waals surface area contributed by atoms with Crippen molar-refractivity contribution in [3.63, 3.8) is 0 Å². The molecule has 0 radical (unpaired) electrons. The van der Waals surface area contributed by atoms with E-state index in [1.165, 1.54) is 4.90 Å². The van der Waals surface area contributed by atoms with Gasteiger partial charge in [0.15, 0.2) is 0 Å². The maximum atomic E-state index is 12.0. The van der Waals surface area contributed by atoms with Crippen molar-refractivity contribution >= 4 is 33.4 Å². The van der Waals surface area contributed by atoms with Gasteiger partial charge in [-0.05, 0) is 28.1 Å². The lowest BCUT2D eigenvalue weighted by molar-refractivity contribution is -0.123. The van der Waals surface area contributed by atoms with E-state index in [-0.39, 0.29) is 24.9 Å². The number of primary amides is 1. The summed E-state index contributed by atoms with van der Waals surface area (Å²) in [6.07, 6.45) is 3.29. The lowest BCUT2D eigenvalue weighted by Gasteiger charge is -2.17. The van der Waals surface area contributed by atoms with Crippen molar-refractivity contribution in [2.45, 2.75) is 6.42 Å². The maximum Gasteiger partial charge on any atom is 0.321 e. The molecule has 1 unspecified atom stereocenters. The van der Waals surface area contributed by atoms with Crippen LogP contribution in [0, 0.1) is 5.92 Å². The fraction of sp³-hybridized carbons (Fsp3) is 0.200. The number of nitrogens with zero attached hydrogens (tertiary/aromatic N) is 3. The molecule has 2 amide bonds.